The maximum absolute atomic E-state index is 10.7. The van der Waals surface area contributed by atoms with Gasteiger partial charge in [-0.25, -0.2) is 9.97 Å². The number of phenols is 2. The average Bonchev–Trinajstić information content (AvgIpc) is 3.03. The number of hydrogen-bond donors (Lipinski definition) is 2. The highest BCUT2D eigenvalue weighted by Crippen LogP contribution is 2.41. The predicted molar refractivity (Wildman–Crippen MR) is 106 cm³/mol. The summed E-state index contributed by atoms with van der Waals surface area (Å²) < 4.78 is 2.94. The van der Waals surface area contributed by atoms with E-state index in [4.69, 9.17) is 0 Å². The molecule has 7 heteroatoms. The number of phenolic OH excluding ortho intramolecular Hbond substituents is 2. The molecule has 132 valence electrons. The first kappa shape index (κ1) is 16.7. The van der Waals surface area contributed by atoms with E-state index in [1.807, 2.05) is 55.3 Å². The number of aromatic nitrogens is 3. The number of hydrogen-bond acceptors (Lipinski definition) is 5. The van der Waals surface area contributed by atoms with E-state index in [9.17, 15) is 10.2 Å². The second kappa shape index (κ2) is 6.17. The number of aromatic hydroxyl groups is 2. The highest BCUT2D eigenvalue weighted by molar-refractivity contribution is 9.10. The molecule has 0 unspecified atom stereocenters. The van der Waals surface area contributed by atoms with Crippen LogP contribution in [0.1, 0.15) is 5.56 Å². The number of benzene rings is 2. The smallest absolute Gasteiger partial charge is 0.225 e. The minimum atomic E-state index is 0.0475. The topological polar surface area (TPSA) is 74.4 Å². The normalized spacial score (nSPS) is 11.3. The van der Waals surface area contributed by atoms with Crippen molar-refractivity contribution in [3.63, 3.8) is 0 Å². The van der Waals surface area contributed by atoms with Crippen LogP contribution in [0.15, 0.2) is 47.3 Å². The molecular weight excluding hydrogens is 396 g/mol. The van der Waals surface area contributed by atoms with Gasteiger partial charge in [-0.05, 0) is 17.7 Å². The molecule has 2 aromatic carbocycles. The van der Waals surface area contributed by atoms with Gasteiger partial charge in [-0.1, -0.05) is 28.1 Å². The van der Waals surface area contributed by atoms with Crippen LogP contribution in [0.3, 0.4) is 0 Å². The maximum Gasteiger partial charge on any atom is 0.225 e. The lowest BCUT2D eigenvalue weighted by Gasteiger charge is -2.11. The fourth-order valence-electron chi connectivity index (χ4n) is 3.04. The van der Waals surface area contributed by atoms with Crippen molar-refractivity contribution in [3.05, 3.63) is 52.9 Å². The van der Waals surface area contributed by atoms with Crippen LogP contribution in [0.5, 0.6) is 11.5 Å². The Morgan fingerprint density at radius 2 is 1.81 bits per heavy atom. The van der Waals surface area contributed by atoms with Crippen LogP contribution >= 0.6 is 15.9 Å². The van der Waals surface area contributed by atoms with E-state index < -0.39 is 0 Å². The van der Waals surface area contributed by atoms with Crippen LogP contribution in [0.2, 0.25) is 0 Å². The van der Waals surface area contributed by atoms with Crippen LogP contribution in [0, 0.1) is 0 Å². The molecule has 2 aromatic heterocycles. The summed E-state index contributed by atoms with van der Waals surface area (Å²) in [4.78, 5) is 10.4. The summed E-state index contributed by atoms with van der Waals surface area (Å²) in [7, 11) is 3.65. The molecule has 2 N–H and O–H groups in total. The number of anilines is 1. The van der Waals surface area contributed by atoms with Crippen molar-refractivity contribution in [2.24, 2.45) is 0 Å². The van der Waals surface area contributed by atoms with Crippen molar-refractivity contribution in [2.45, 2.75) is 6.54 Å². The Morgan fingerprint density at radius 3 is 2.50 bits per heavy atom. The van der Waals surface area contributed by atoms with Gasteiger partial charge in [-0.15, -0.1) is 0 Å². The van der Waals surface area contributed by atoms with Gasteiger partial charge in [0.2, 0.25) is 5.95 Å². The van der Waals surface area contributed by atoms with E-state index in [0.717, 1.165) is 10.0 Å². The lowest BCUT2D eigenvalue weighted by atomic mass is 10.1. The molecular formula is C19H17BrN4O2. The van der Waals surface area contributed by atoms with Crippen molar-refractivity contribution in [1.29, 1.82) is 0 Å². The number of halogens is 1. The Balaban J connectivity index is 1.88. The SMILES string of the molecule is CN(C)c1ncc2c(O)c3cn(Cc4cccc(Br)c4)cc3c(O)c2n1. The number of fused-ring (bicyclic) bond motifs is 2. The van der Waals surface area contributed by atoms with Gasteiger partial charge in [0, 0.05) is 54.5 Å². The molecule has 0 bridgehead atoms. The largest absolute Gasteiger partial charge is 0.506 e. The summed E-state index contributed by atoms with van der Waals surface area (Å²) in [6, 6.07) is 8.02. The van der Waals surface area contributed by atoms with Crippen LogP contribution in [0.4, 0.5) is 5.95 Å². The highest BCUT2D eigenvalue weighted by atomic mass is 79.9. The molecule has 4 rings (SSSR count). The number of nitrogens with zero attached hydrogens (tertiary/aromatic N) is 4. The molecule has 0 aliphatic heterocycles. The molecule has 6 nitrogen and oxygen atoms in total. The zero-order valence-electron chi connectivity index (χ0n) is 14.3. The van der Waals surface area contributed by atoms with Crippen molar-refractivity contribution in [2.75, 3.05) is 19.0 Å². The lowest BCUT2D eigenvalue weighted by Crippen LogP contribution is -2.12. The zero-order chi connectivity index (χ0) is 18.4. The highest BCUT2D eigenvalue weighted by Gasteiger charge is 2.17. The van der Waals surface area contributed by atoms with Crippen molar-refractivity contribution in [3.8, 4) is 11.5 Å². The maximum atomic E-state index is 10.7. The molecule has 0 radical (unpaired) electrons. The van der Waals surface area contributed by atoms with Gasteiger partial charge in [-0.3, -0.25) is 0 Å². The summed E-state index contributed by atoms with van der Waals surface area (Å²) >= 11 is 3.47. The molecule has 0 fully saturated rings. The van der Waals surface area contributed by atoms with Crippen LogP contribution in [0.25, 0.3) is 21.7 Å². The second-order valence-electron chi connectivity index (χ2n) is 6.41. The average molecular weight is 413 g/mol. The summed E-state index contributed by atoms with van der Waals surface area (Å²) in [5.74, 6) is 0.595. The van der Waals surface area contributed by atoms with Gasteiger partial charge in [0.05, 0.1) is 5.39 Å². The van der Waals surface area contributed by atoms with E-state index in [1.54, 1.807) is 4.90 Å². The Hall–Kier alpha value is -2.80. The minimum absolute atomic E-state index is 0.0475. The number of rotatable bonds is 3. The Bertz CT molecular complexity index is 1140. The van der Waals surface area contributed by atoms with Crippen LogP contribution < -0.4 is 4.90 Å². The van der Waals surface area contributed by atoms with Gasteiger partial charge in [0.25, 0.3) is 0 Å². The van der Waals surface area contributed by atoms with E-state index in [0.29, 0.717) is 34.2 Å². The molecule has 0 saturated carbocycles. The third-order valence-electron chi connectivity index (χ3n) is 4.30. The molecule has 0 atom stereocenters. The Labute approximate surface area is 158 Å². The molecule has 2 heterocycles. The predicted octanol–water partition coefficient (Wildman–Crippen LogP) is 3.87. The summed E-state index contributed by atoms with van der Waals surface area (Å²) in [6.07, 6.45) is 5.19. The quantitative estimate of drug-likeness (QED) is 0.499. The fourth-order valence-corrected chi connectivity index (χ4v) is 3.48. The second-order valence-corrected chi connectivity index (χ2v) is 7.33. The fraction of sp³-hybridized carbons (Fsp3) is 0.158. The molecule has 0 amide bonds. The van der Waals surface area contributed by atoms with Crippen molar-refractivity contribution >= 4 is 43.6 Å². The van der Waals surface area contributed by atoms with Gasteiger partial charge >= 0.3 is 0 Å². The van der Waals surface area contributed by atoms with Crippen molar-refractivity contribution in [1.82, 2.24) is 14.5 Å². The Kier molecular flexibility index (Phi) is 3.96. The molecule has 26 heavy (non-hydrogen) atoms. The van der Waals surface area contributed by atoms with E-state index in [-0.39, 0.29) is 11.5 Å². The van der Waals surface area contributed by atoms with Gasteiger partial charge < -0.3 is 19.7 Å². The first-order valence-electron chi connectivity index (χ1n) is 8.06. The lowest BCUT2D eigenvalue weighted by molar-refractivity contribution is 0.477. The Morgan fingerprint density at radius 1 is 1.08 bits per heavy atom. The van der Waals surface area contributed by atoms with Crippen LogP contribution in [-0.4, -0.2) is 38.8 Å². The van der Waals surface area contributed by atoms with E-state index >= 15 is 0 Å². The van der Waals surface area contributed by atoms with Crippen molar-refractivity contribution < 1.29 is 10.2 Å². The first-order valence-corrected chi connectivity index (χ1v) is 8.85. The monoisotopic (exact) mass is 412 g/mol. The summed E-state index contributed by atoms with van der Waals surface area (Å²) in [6.45, 7) is 0.623. The standard InChI is InChI=1S/C19H17BrN4O2/c1-23(2)19-21-7-13-16(22-19)18(26)15-10-24(9-14(15)17(13)25)8-11-4-3-5-12(20)6-11/h3-7,9-10,25-26H,8H2,1-2H3. The molecule has 0 aliphatic carbocycles. The van der Waals surface area contributed by atoms with Crippen LogP contribution in [-0.2, 0) is 6.54 Å². The van der Waals surface area contributed by atoms with E-state index in [2.05, 4.69) is 25.9 Å². The van der Waals surface area contributed by atoms with Gasteiger partial charge in [0.15, 0.2) is 5.75 Å². The first-order chi connectivity index (χ1) is 12.4. The molecule has 0 aliphatic rings. The summed E-state index contributed by atoms with van der Waals surface area (Å²) in [5.41, 5.74) is 1.45. The third kappa shape index (κ3) is 2.74. The van der Waals surface area contributed by atoms with Gasteiger partial charge in [0.1, 0.15) is 11.3 Å². The molecule has 0 spiro atoms. The molecule has 0 saturated heterocycles. The minimum Gasteiger partial charge on any atom is -0.506 e. The molecule has 4 aromatic rings. The van der Waals surface area contributed by atoms with Gasteiger partial charge in [-0.2, -0.15) is 0 Å². The third-order valence-corrected chi connectivity index (χ3v) is 4.79. The van der Waals surface area contributed by atoms with E-state index in [1.165, 1.54) is 6.20 Å². The summed E-state index contributed by atoms with van der Waals surface area (Å²) in [5, 5.41) is 23.0. The zero-order valence-corrected chi connectivity index (χ0v) is 15.9.